The molecular weight excluding hydrogens is 264 g/mol. The van der Waals surface area contributed by atoms with Crippen LogP contribution in [0, 0.1) is 0 Å². The Labute approximate surface area is 124 Å². The van der Waals surface area contributed by atoms with Crippen molar-refractivity contribution in [2.45, 2.75) is 12.8 Å². The fourth-order valence-corrected chi connectivity index (χ4v) is 2.52. The Morgan fingerprint density at radius 2 is 1.71 bits per heavy atom. The highest BCUT2D eigenvalue weighted by atomic mass is 16.5. The van der Waals surface area contributed by atoms with Gasteiger partial charge in [0.15, 0.2) is 5.75 Å². The lowest BCUT2D eigenvalue weighted by Gasteiger charge is -2.02. The first kappa shape index (κ1) is 13.6. The monoisotopic (exact) mass is 282 g/mol. The second-order valence-electron chi connectivity index (χ2n) is 4.91. The smallest absolute Gasteiger partial charge is 0.168 e. The molecule has 1 heterocycles. The SMILES string of the molecule is COc1ccc2oc(CCc3ccccc3)c(OC)c2c1. The fourth-order valence-electron chi connectivity index (χ4n) is 2.52. The minimum absolute atomic E-state index is 0.802. The third-order valence-electron chi connectivity index (χ3n) is 3.61. The Hall–Kier alpha value is -2.42. The van der Waals surface area contributed by atoms with Gasteiger partial charge in [-0.3, -0.25) is 0 Å². The van der Waals surface area contributed by atoms with Gasteiger partial charge in [-0.25, -0.2) is 0 Å². The van der Waals surface area contributed by atoms with Gasteiger partial charge in [-0.15, -0.1) is 0 Å². The molecular formula is C18H18O3. The highest BCUT2D eigenvalue weighted by Crippen LogP contribution is 2.35. The Bertz CT molecular complexity index is 729. The van der Waals surface area contributed by atoms with Crippen LogP contribution >= 0.6 is 0 Å². The van der Waals surface area contributed by atoms with Gasteiger partial charge in [0, 0.05) is 6.42 Å². The summed E-state index contributed by atoms with van der Waals surface area (Å²) in [6, 6.07) is 16.1. The lowest BCUT2D eigenvalue weighted by Crippen LogP contribution is -1.92. The van der Waals surface area contributed by atoms with Crippen molar-refractivity contribution in [2.75, 3.05) is 14.2 Å². The molecule has 3 nitrogen and oxygen atoms in total. The summed E-state index contributed by atoms with van der Waals surface area (Å²) in [4.78, 5) is 0. The average Bonchev–Trinajstić information content (AvgIpc) is 2.90. The second-order valence-corrected chi connectivity index (χ2v) is 4.91. The zero-order valence-corrected chi connectivity index (χ0v) is 12.3. The van der Waals surface area contributed by atoms with Crippen molar-refractivity contribution in [2.24, 2.45) is 0 Å². The summed E-state index contributed by atoms with van der Waals surface area (Å²) in [6.45, 7) is 0. The van der Waals surface area contributed by atoms with Crippen LogP contribution in [0.2, 0.25) is 0 Å². The Kier molecular flexibility index (Phi) is 3.82. The van der Waals surface area contributed by atoms with Crippen LogP contribution in [0.5, 0.6) is 11.5 Å². The summed E-state index contributed by atoms with van der Waals surface area (Å²) in [5.74, 6) is 2.49. The molecule has 0 saturated heterocycles. The van der Waals surface area contributed by atoms with Gasteiger partial charge in [0.1, 0.15) is 17.1 Å². The lowest BCUT2D eigenvalue weighted by molar-refractivity contribution is 0.396. The number of fused-ring (bicyclic) bond motifs is 1. The molecule has 2 aromatic carbocycles. The molecule has 0 aliphatic heterocycles. The molecule has 0 amide bonds. The van der Waals surface area contributed by atoms with Gasteiger partial charge in [-0.05, 0) is 30.2 Å². The van der Waals surface area contributed by atoms with Crippen molar-refractivity contribution in [1.82, 2.24) is 0 Å². The van der Waals surface area contributed by atoms with E-state index in [9.17, 15) is 0 Å². The number of rotatable bonds is 5. The number of hydrogen-bond acceptors (Lipinski definition) is 3. The van der Waals surface area contributed by atoms with Crippen LogP contribution in [0.3, 0.4) is 0 Å². The van der Waals surface area contributed by atoms with Gasteiger partial charge >= 0.3 is 0 Å². The predicted molar refractivity (Wildman–Crippen MR) is 83.2 cm³/mol. The van der Waals surface area contributed by atoms with Crippen molar-refractivity contribution < 1.29 is 13.9 Å². The summed E-state index contributed by atoms with van der Waals surface area (Å²) in [6.07, 6.45) is 1.73. The zero-order chi connectivity index (χ0) is 14.7. The number of hydrogen-bond donors (Lipinski definition) is 0. The highest BCUT2D eigenvalue weighted by Gasteiger charge is 2.15. The van der Waals surface area contributed by atoms with E-state index < -0.39 is 0 Å². The van der Waals surface area contributed by atoms with Crippen molar-refractivity contribution in [1.29, 1.82) is 0 Å². The molecule has 3 aromatic rings. The largest absolute Gasteiger partial charge is 0.497 e. The average molecular weight is 282 g/mol. The minimum atomic E-state index is 0.802. The standard InChI is InChI=1S/C18H18O3/c1-19-14-9-11-16-15(12-14)18(20-2)17(21-16)10-8-13-6-4-3-5-7-13/h3-7,9,11-12H,8,10H2,1-2H3. The lowest BCUT2D eigenvalue weighted by atomic mass is 10.1. The summed E-state index contributed by atoms with van der Waals surface area (Å²) >= 11 is 0. The maximum absolute atomic E-state index is 5.93. The van der Waals surface area contributed by atoms with Gasteiger partial charge in [0.25, 0.3) is 0 Å². The van der Waals surface area contributed by atoms with Crippen LogP contribution in [-0.4, -0.2) is 14.2 Å². The molecule has 3 rings (SSSR count). The first-order chi connectivity index (χ1) is 10.3. The van der Waals surface area contributed by atoms with E-state index in [1.807, 2.05) is 24.3 Å². The van der Waals surface area contributed by atoms with Crippen LogP contribution in [0.4, 0.5) is 0 Å². The molecule has 1 aromatic heterocycles. The second kappa shape index (κ2) is 5.92. The first-order valence-corrected chi connectivity index (χ1v) is 6.99. The normalized spacial score (nSPS) is 10.8. The van der Waals surface area contributed by atoms with Crippen LogP contribution in [-0.2, 0) is 12.8 Å². The first-order valence-electron chi connectivity index (χ1n) is 6.99. The van der Waals surface area contributed by atoms with E-state index in [0.29, 0.717) is 0 Å². The topological polar surface area (TPSA) is 31.6 Å². The molecule has 0 aliphatic carbocycles. The third kappa shape index (κ3) is 2.72. The van der Waals surface area contributed by atoms with E-state index in [-0.39, 0.29) is 0 Å². The molecule has 108 valence electrons. The Morgan fingerprint density at radius 1 is 0.905 bits per heavy atom. The van der Waals surface area contributed by atoms with Gasteiger partial charge in [-0.2, -0.15) is 0 Å². The summed E-state index contributed by atoms with van der Waals surface area (Å²) in [5, 5.41) is 0.958. The molecule has 0 atom stereocenters. The van der Waals surface area contributed by atoms with Crippen molar-refractivity contribution in [3.63, 3.8) is 0 Å². The fraction of sp³-hybridized carbons (Fsp3) is 0.222. The van der Waals surface area contributed by atoms with Crippen LogP contribution < -0.4 is 9.47 Å². The number of ether oxygens (including phenoxy) is 2. The van der Waals surface area contributed by atoms with E-state index >= 15 is 0 Å². The summed E-state index contributed by atoms with van der Waals surface area (Å²) in [7, 11) is 3.33. The van der Waals surface area contributed by atoms with Crippen molar-refractivity contribution in [3.8, 4) is 11.5 Å². The molecule has 0 saturated carbocycles. The van der Waals surface area contributed by atoms with Gasteiger partial charge < -0.3 is 13.9 Å². The molecule has 0 spiro atoms. The number of furan rings is 1. The maximum Gasteiger partial charge on any atom is 0.168 e. The van der Waals surface area contributed by atoms with E-state index in [1.165, 1.54) is 5.56 Å². The molecule has 0 unspecified atom stereocenters. The van der Waals surface area contributed by atoms with Gasteiger partial charge in [-0.1, -0.05) is 30.3 Å². The van der Waals surface area contributed by atoms with Crippen molar-refractivity contribution in [3.05, 3.63) is 59.9 Å². The summed E-state index contributed by atoms with van der Waals surface area (Å²) < 4.78 is 16.7. The number of methoxy groups -OCH3 is 2. The number of benzene rings is 2. The molecule has 3 heteroatoms. The van der Waals surface area contributed by atoms with E-state index in [0.717, 1.165) is 41.1 Å². The molecule has 0 radical (unpaired) electrons. The molecule has 0 fully saturated rings. The predicted octanol–water partition coefficient (Wildman–Crippen LogP) is 4.24. The molecule has 21 heavy (non-hydrogen) atoms. The maximum atomic E-state index is 5.93. The zero-order valence-electron chi connectivity index (χ0n) is 12.3. The highest BCUT2D eigenvalue weighted by molar-refractivity contribution is 5.86. The van der Waals surface area contributed by atoms with E-state index in [2.05, 4.69) is 24.3 Å². The van der Waals surface area contributed by atoms with Crippen LogP contribution in [0.1, 0.15) is 11.3 Å². The minimum Gasteiger partial charge on any atom is -0.497 e. The third-order valence-corrected chi connectivity index (χ3v) is 3.61. The quantitative estimate of drug-likeness (QED) is 0.701. The number of aryl methyl sites for hydroxylation is 2. The Balaban J connectivity index is 1.91. The molecule has 0 bridgehead atoms. The molecule has 0 N–H and O–H groups in total. The Morgan fingerprint density at radius 3 is 2.43 bits per heavy atom. The van der Waals surface area contributed by atoms with E-state index in [4.69, 9.17) is 13.9 Å². The molecule has 0 aliphatic rings. The van der Waals surface area contributed by atoms with Crippen molar-refractivity contribution >= 4 is 11.0 Å². The summed E-state index contributed by atoms with van der Waals surface area (Å²) in [5.41, 5.74) is 2.12. The van der Waals surface area contributed by atoms with Crippen LogP contribution in [0.25, 0.3) is 11.0 Å². The van der Waals surface area contributed by atoms with Gasteiger partial charge in [0.05, 0.1) is 19.6 Å². The van der Waals surface area contributed by atoms with E-state index in [1.54, 1.807) is 14.2 Å². The van der Waals surface area contributed by atoms with Crippen LogP contribution in [0.15, 0.2) is 52.9 Å². The van der Waals surface area contributed by atoms with Gasteiger partial charge in [0.2, 0.25) is 0 Å².